The van der Waals surface area contributed by atoms with Gasteiger partial charge < -0.3 is 15.8 Å². The molecule has 0 spiro atoms. The van der Waals surface area contributed by atoms with Crippen LogP contribution in [0.5, 0.6) is 0 Å². The molecule has 0 radical (unpaired) electrons. The highest BCUT2D eigenvalue weighted by Gasteiger charge is 2.49. The van der Waals surface area contributed by atoms with E-state index in [4.69, 9.17) is 5.73 Å². The lowest BCUT2D eigenvalue weighted by Gasteiger charge is -2.18. The molecule has 0 saturated heterocycles. The summed E-state index contributed by atoms with van der Waals surface area (Å²) in [5.41, 5.74) is 7.24. The van der Waals surface area contributed by atoms with Crippen LogP contribution in [-0.2, 0) is 14.3 Å². The number of carbonyl (C=O) groups is 3. The number of halogens is 6. The summed E-state index contributed by atoms with van der Waals surface area (Å²) in [6, 6.07) is 30.8. The minimum Gasteiger partial charge on any atom is -0.380 e. The highest BCUT2D eigenvalue weighted by Crippen LogP contribution is 2.22. The first-order valence-electron chi connectivity index (χ1n) is 9.88. The highest BCUT2D eigenvalue weighted by molar-refractivity contribution is 5.90. The second-order valence-electron chi connectivity index (χ2n) is 6.59. The van der Waals surface area contributed by atoms with Crippen LogP contribution >= 0.6 is 0 Å². The quantitative estimate of drug-likeness (QED) is 0.281. The second-order valence-corrected chi connectivity index (χ2v) is 6.59. The number of primary amides is 1. The maximum Gasteiger partial charge on any atom is 0.491 e. The zero-order valence-electron chi connectivity index (χ0n) is 18.3. The Bertz CT molecular complexity index is 986. The minimum absolute atomic E-state index is 0.199. The Kier molecular flexibility index (Phi) is 11.7. The first-order valence-corrected chi connectivity index (χ1v) is 9.88. The topological polar surface area (TPSA) is 98.5 Å². The molecule has 6 nitrogen and oxygen atoms in total. The normalized spacial score (nSPS) is 10.6. The van der Waals surface area contributed by atoms with Crippen LogP contribution in [-0.4, -0.2) is 30.3 Å². The Hall–Kier alpha value is -4.35. The van der Waals surface area contributed by atoms with Crippen LogP contribution in [0.4, 0.5) is 31.1 Å². The molecule has 0 aliphatic carbocycles. The van der Waals surface area contributed by atoms with Crippen molar-refractivity contribution in [1.82, 2.24) is 5.32 Å². The van der Waals surface area contributed by atoms with E-state index in [-0.39, 0.29) is 6.04 Å². The van der Waals surface area contributed by atoms with Gasteiger partial charge in [0, 0.05) is 0 Å². The number of benzene rings is 3. The van der Waals surface area contributed by atoms with Crippen molar-refractivity contribution in [3.63, 3.8) is 0 Å². The summed E-state index contributed by atoms with van der Waals surface area (Å²) in [4.78, 5) is 30.4. The summed E-state index contributed by atoms with van der Waals surface area (Å²) in [6.45, 7) is 0. The van der Waals surface area contributed by atoms with Gasteiger partial charge in [-0.15, -0.1) is 0 Å². The van der Waals surface area contributed by atoms with Gasteiger partial charge in [0.05, 0.1) is 6.04 Å². The number of urea groups is 1. The molecular weight excluding hydrogens is 494 g/mol. The van der Waals surface area contributed by atoms with Crippen molar-refractivity contribution in [2.75, 3.05) is 0 Å². The Morgan fingerprint density at radius 3 is 1.14 bits per heavy atom. The smallest absolute Gasteiger partial charge is 0.380 e. The molecular formula is C24H20F6N2O4. The molecule has 36 heavy (non-hydrogen) atoms. The second kappa shape index (κ2) is 14.1. The van der Waals surface area contributed by atoms with Gasteiger partial charge in [0.2, 0.25) is 0 Å². The first kappa shape index (κ1) is 29.7. The lowest BCUT2D eigenvalue weighted by molar-refractivity contribution is -0.221. The van der Waals surface area contributed by atoms with E-state index in [2.05, 4.69) is 10.1 Å². The average Bonchev–Trinajstić information content (AvgIpc) is 2.84. The number of rotatable bonds is 3. The zero-order chi connectivity index (χ0) is 27.2. The van der Waals surface area contributed by atoms with Gasteiger partial charge in [-0.1, -0.05) is 97.1 Å². The van der Waals surface area contributed by atoms with E-state index >= 15 is 0 Å². The van der Waals surface area contributed by atoms with Gasteiger partial charge in [0.15, 0.2) is 0 Å². The largest absolute Gasteiger partial charge is 0.491 e. The fourth-order valence-electron chi connectivity index (χ4n) is 2.38. The van der Waals surface area contributed by atoms with Crippen molar-refractivity contribution in [2.24, 2.45) is 5.73 Å². The average molecular weight is 514 g/mol. The van der Waals surface area contributed by atoms with Crippen molar-refractivity contribution in [2.45, 2.75) is 18.4 Å². The van der Waals surface area contributed by atoms with Crippen LogP contribution in [0.25, 0.3) is 0 Å². The number of alkyl halides is 6. The molecule has 0 fully saturated rings. The maximum atomic E-state index is 11.2. The van der Waals surface area contributed by atoms with E-state index in [1.165, 1.54) is 0 Å². The van der Waals surface area contributed by atoms with E-state index < -0.39 is 30.3 Å². The summed E-state index contributed by atoms with van der Waals surface area (Å²) >= 11 is 0. The Morgan fingerprint density at radius 1 is 0.611 bits per heavy atom. The molecule has 0 aromatic heterocycles. The summed E-state index contributed by atoms with van der Waals surface area (Å²) in [5, 5.41) is 2.75. The molecule has 0 saturated carbocycles. The van der Waals surface area contributed by atoms with Crippen LogP contribution < -0.4 is 11.1 Å². The highest BCUT2D eigenvalue weighted by atomic mass is 19.4. The van der Waals surface area contributed by atoms with Crippen LogP contribution in [0.3, 0.4) is 0 Å². The minimum atomic E-state index is -5.62. The summed E-state index contributed by atoms with van der Waals surface area (Å²) < 4.78 is 69.7. The monoisotopic (exact) mass is 514 g/mol. The predicted octanol–water partition coefficient (Wildman–Crippen LogP) is 5.31. The zero-order valence-corrected chi connectivity index (χ0v) is 18.3. The van der Waals surface area contributed by atoms with E-state index in [0.29, 0.717) is 0 Å². The number of esters is 2. The molecule has 0 aliphatic rings. The lowest BCUT2D eigenvalue weighted by atomic mass is 9.99. The van der Waals surface area contributed by atoms with Crippen LogP contribution in [0, 0.1) is 0 Å². The Labute approximate surface area is 201 Å². The van der Waals surface area contributed by atoms with Crippen LogP contribution in [0.2, 0.25) is 0 Å². The number of carbonyl (C=O) groups excluding carboxylic acids is 3. The standard InChI is InChI=1S/C14H14N2O.C6H6.C4F6O3/c15-14(17)16-13(11-7-3-1-4-8-11)12-9-5-2-6-10-12;1-2-4-6-5-3-1;5-3(6,7)1(11)13-2(12)4(8,9)10/h1-10,13H,(H3,15,16,17);1-6H;. The number of nitrogens with two attached hydrogens (primary N) is 1. The molecule has 3 aromatic carbocycles. The number of amides is 2. The number of nitrogens with one attached hydrogen (secondary N) is 1. The summed E-state index contributed by atoms with van der Waals surface area (Å²) in [7, 11) is 0. The van der Waals surface area contributed by atoms with E-state index in [1.807, 2.05) is 97.1 Å². The van der Waals surface area contributed by atoms with Gasteiger partial charge in [-0.3, -0.25) is 0 Å². The first-order chi connectivity index (χ1) is 16.8. The fourth-order valence-corrected chi connectivity index (χ4v) is 2.38. The van der Waals surface area contributed by atoms with Gasteiger partial charge >= 0.3 is 30.3 Å². The van der Waals surface area contributed by atoms with Crippen LogP contribution in [0.15, 0.2) is 97.1 Å². The molecule has 0 unspecified atom stereocenters. The summed E-state index contributed by atoms with van der Waals surface area (Å²) in [6.07, 6.45) is -11.2. The van der Waals surface area contributed by atoms with Gasteiger partial charge in [-0.2, -0.15) is 26.3 Å². The Morgan fingerprint density at radius 2 is 0.889 bits per heavy atom. The maximum absolute atomic E-state index is 11.2. The van der Waals surface area contributed by atoms with Crippen molar-refractivity contribution < 1.29 is 45.5 Å². The van der Waals surface area contributed by atoms with Crippen molar-refractivity contribution in [3.8, 4) is 0 Å². The molecule has 3 N–H and O–H groups in total. The predicted molar refractivity (Wildman–Crippen MR) is 117 cm³/mol. The van der Waals surface area contributed by atoms with E-state index in [0.717, 1.165) is 11.1 Å². The third-order valence-electron chi connectivity index (χ3n) is 3.87. The molecule has 0 aliphatic heterocycles. The van der Waals surface area contributed by atoms with Crippen molar-refractivity contribution in [1.29, 1.82) is 0 Å². The molecule has 0 heterocycles. The molecule has 3 rings (SSSR count). The number of hydrogen-bond acceptors (Lipinski definition) is 4. The molecule has 2 amide bonds. The Balaban J connectivity index is 0.000000300. The number of ether oxygens (including phenoxy) is 1. The third-order valence-corrected chi connectivity index (χ3v) is 3.87. The lowest BCUT2D eigenvalue weighted by Crippen LogP contribution is -2.34. The van der Waals surface area contributed by atoms with Gasteiger partial charge in [-0.05, 0) is 11.1 Å². The van der Waals surface area contributed by atoms with Crippen molar-refractivity contribution >= 4 is 18.0 Å². The van der Waals surface area contributed by atoms with Crippen molar-refractivity contribution in [3.05, 3.63) is 108 Å². The van der Waals surface area contributed by atoms with Crippen LogP contribution in [0.1, 0.15) is 17.2 Å². The molecule has 0 atom stereocenters. The van der Waals surface area contributed by atoms with Gasteiger partial charge in [0.25, 0.3) is 0 Å². The molecule has 192 valence electrons. The van der Waals surface area contributed by atoms with E-state index in [9.17, 15) is 40.7 Å². The molecule has 3 aromatic rings. The summed E-state index contributed by atoms with van der Waals surface area (Å²) in [5.74, 6) is -6.40. The molecule has 12 heteroatoms. The van der Waals surface area contributed by atoms with E-state index in [1.54, 1.807) is 0 Å². The fraction of sp³-hybridized carbons (Fsp3) is 0.125. The SMILES string of the molecule is NC(=O)NC(c1ccccc1)c1ccccc1.O=C(OC(=O)C(F)(F)F)C(F)(F)F.c1ccccc1. The number of hydrogen-bond donors (Lipinski definition) is 2. The third kappa shape index (κ3) is 11.7. The van der Waals surface area contributed by atoms with Gasteiger partial charge in [-0.25, -0.2) is 14.4 Å². The van der Waals surface area contributed by atoms with Gasteiger partial charge in [0.1, 0.15) is 0 Å². The molecule has 0 bridgehead atoms.